The normalized spacial score (nSPS) is 16.9. The number of rotatable bonds is 2. The molecule has 4 aromatic rings. The van der Waals surface area contributed by atoms with Gasteiger partial charge >= 0.3 is 6.03 Å². The molecule has 1 N–H and O–H groups in total. The van der Waals surface area contributed by atoms with Crippen molar-refractivity contribution in [3.8, 4) is 5.00 Å². The molecule has 2 aromatic carbocycles. The molecule has 0 saturated heterocycles. The van der Waals surface area contributed by atoms with Crippen LogP contribution in [-0.2, 0) is 19.4 Å². The van der Waals surface area contributed by atoms with Gasteiger partial charge in [0, 0.05) is 22.3 Å². The molecule has 2 aromatic heterocycles. The smallest absolute Gasteiger partial charge is 0.310 e. The predicted octanol–water partition coefficient (Wildman–Crippen LogP) is 7.17. The summed E-state index contributed by atoms with van der Waals surface area (Å²) in [6, 6.07) is 20.7. The van der Waals surface area contributed by atoms with Gasteiger partial charge in [-0.15, -0.1) is 11.3 Å². The zero-order valence-electron chi connectivity index (χ0n) is 19.7. The molecule has 0 bridgehead atoms. The lowest BCUT2D eigenvalue weighted by Crippen LogP contribution is -2.38. The van der Waals surface area contributed by atoms with Gasteiger partial charge in [0.15, 0.2) is 0 Å². The molecule has 34 heavy (non-hydrogen) atoms. The highest BCUT2D eigenvalue weighted by Gasteiger charge is 2.36. The molecule has 2 aliphatic rings. The summed E-state index contributed by atoms with van der Waals surface area (Å²) in [7, 11) is 0. The highest BCUT2D eigenvalue weighted by atomic mass is 32.1. The van der Waals surface area contributed by atoms with Gasteiger partial charge in [-0.25, -0.2) is 4.79 Å². The van der Waals surface area contributed by atoms with Crippen LogP contribution in [0, 0.1) is 13.8 Å². The number of carbonyl (C=O) groups is 1. The minimum atomic E-state index is -0.167. The molecule has 1 aliphatic heterocycles. The lowest BCUT2D eigenvalue weighted by Gasteiger charge is -2.31. The summed E-state index contributed by atoms with van der Waals surface area (Å²) in [6.45, 7) is 4.72. The largest absolute Gasteiger partial charge is 0.322 e. The number of hydrogen-bond donors (Lipinski definition) is 1. The van der Waals surface area contributed by atoms with Gasteiger partial charge < -0.3 is 14.8 Å². The van der Waals surface area contributed by atoms with Crippen molar-refractivity contribution in [3.05, 3.63) is 105 Å². The number of amides is 2. The summed E-state index contributed by atoms with van der Waals surface area (Å²) in [5.74, 6) is 0. The summed E-state index contributed by atoms with van der Waals surface area (Å²) >= 11 is 1.92. The Bertz CT molecular complexity index is 1370. The van der Waals surface area contributed by atoms with E-state index < -0.39 is 0 Å². The highest BCUT2D eigenvalue weighted by Crippen LogP contribution is 2.44. The quantitative estimate of drug-likeness (QED) is 0.333. The third-order valence-corrected chi connectivity index (χ3v) is 8.52. The van der Waals surface area contributed by atoms with E-state index in [-0.39, 0.29) is 12.1 Å². The number of urea groups is 1. The summed E-state index contributed by atoms with van der Waals surface area (Å²) in [6.07, 6.45) is 6.92. The third-order valence-electron chi connectivity index (χ3n) is 7.19. The van der Waals surface area contributed by atoms with Crippen LogP contribution in [0.15, 0.2) is 66.9 Å². The number of aryl methyl sites for hydroxylation is 3. The van der Waals surface area contributed by atoms with Crippen LogP contribution in [-0.4, -0.2) is 15.5 Å². The van der Waals surface area contributed by atoms with Crippen LogP contribution < -0.4 is 5.32 Å². The average molecular weight is 468 g/mol. The van der Waals surface area contributed by atoms with Crippen molar-refractivity contribution in [2.75, 3.05) is 5.32 Å². The zero-order chi connectivity index (χ0) is 23.2. The molecule has 6 rings (SSSR count). The zero-order valence-corrected chi connectivity index (χ0v) is 20.5. The monoisotopic (exact) mass is 467 g/mol. The molecular weight excluding hydrogens is 438 g/mol. The Balaban J connectivity index is 1.50. The van der Waals surface area contributed by atoms with Gasteiger partial charge in [-0.05, 0) is 80.0 Å². The van der Waals surface area contributed by atoms with E-state index >= 15 is 0 Å². The first-order valence-corrected chi connectivity index (χ1v) is 12.9. The van der Waals surface area contributed by atoms with E-state index in [9.17, 15) is 4.79 Å². The van der Waals surface area contributed by atoms with Gasteiger partial charge in [-0.2, -0.15) is 0 Å². The van der Waals surface area contributed by atoms with Gasteiger partial charge in [0.1, 0.15) is 5.00 Å². The number of carbonyl (C=O) groups excluding carboxylic acids is 1. The number of nitrogens with one attached hydrogen (secondary N) is 1. The molecule has 5 heteroatoms. The second-order valence-corrected chi connectivity index (χ2v) is 10.6. The molecule has 0 saturated carbocycles. The minimum absolute atomic E-state index is 0.0566. The molecule has 3 heterocycles. The van der Waals surface area contributed by atoms with Gasteiger partial charge in [0.05, 0.1) is 18.3 Å². The maximum absolute atomic E-state index is 14.0. The van der Waals surface area contributed by atoms with Crippen LogP contribution in [0.1, 0.15) is 57.3 Å². The van der Waals surface area contributed by atoms with Crippen LogP contribution >= 0.6 is 11.3 Å². The van der Waals surface area contributed by atoms with Crippen molar-refractivity contribution in [1.29, 1.82) is 0 Å². The summed E-state index contributed by atoms with van der Waals surface area (Å²) in [4.78, 5) is 17.5. The topological polar surface area (TPSA) is 37.3 Å². The Hall–Kier alpha value is -3.31. The Morgan fingerprint density at radius 3 is 2.65 bits per heavy atom. The fraction of sp³-hybridized carbons (Fsp3) is 0.276. The first-order chi connectivity index (χ1) is 16.6. The molecule has 4 nitrogen and oxygen atoms in total. The third kappa shape index (κ3) is 3.55. The van der Waals surface area contributed by atoms with E-state index in [1.165, 1.54) is 33.8 Å². The van der Waals surface area contributed by atoms with Gasteiger partial charge in [0.2, 0.25) is 0 Å². The number of hydrogen-bond acceptors (Lipinski definition) is 2. The molecule has 0 unspecified atom stereocenters. The highest BCUT2D eigenvalue weighted by molar-refractivity contribution is 7.15. The number of benzene rings is 2. The van der Waals surface area contributed by atoms with E-state index in [2.05, 4.69) is 77.6 Å². The standard InChI is InChI=1S/C29H29N3OS/c1-19-14-15-20(2)24(17-19)30-29(33)32-18-23-22-11-6-7-13-26(22)34-28(23)31-16-8-12-25(31)27(32)21-9-4-3-5-10-21/h3-5,8-10,12,14-17,27H,6-7,11,13,18H2,1-2H3,(H,30,33)/t27-/m1/s1. The molecule has 0 spiro atoms. The lowest BCUT2D eigenvalue weighted by atomic mass is 9.95. The van der Waals surface area contributed by atoms with Crippen molar-refractivity contribution in [2.24, 2.45) is 0 Å². The first kappa shape index (κ1) is 21.2. The van der Waals surface area contributed by atoms with Crippen LogP contribution in [0.2, 0.25) is 0 Å². The van der Waals surface area contributed by atoms with E-state index in [0.717, 1.165) is 40.9 Å². The fourth-order valence-corrected chi connectivity index (χ4v) is 6.83. The molecule has 0 radical (unpaired) electrons. The van der Waals surface area contributed by atoms with Crippen LogP contribution in [0.5, 0.6) is 0 Å². The molecular formula is C29H29N3OS. The maximum atomic E-state index is 14.0. The Kier molecular flexibility index (Phi) is 5.30. The van der Waals surface area contributed by atoms with Crippen molar-refractivity contribution in [3.63, 3.8) is 0 Å². The maximum Gasteiger partial charge on any atom is 0.322 e. The number of nitrogens with zero attached hydrogens (tertiary/aromatic N) is 2. The summed E-state index contributed by atoms with van der Waals surface area (Å²) in [5.41, 5.74) is 8.16. The number of thiophene rings is 1. The van der Waals surface area contributed by atoms with Crippen molar-refractivity contribution >= 4 is 23.1 Å². The van der Waals surface area contributed by atoms with Crippen molar-refractivity contribution in [2.45, 2.75) is 52.1 Å². The van der Waals surface area contributed by atoms with Gasteiger partial charge in [0.25, 0.3) is 0 Å². The minimum Gasteiger partial charge on any atom is -0.310 e. The predicted molar refractivity (Wildman–Crippen MR) is 139 cm³/mol. The second-order valence-electron chi connectivity index (χ2n) is 9.49. The molecule has 172 valence electrons. The Morgan fingerprint density at radius 2 is 1.79 bits per heavy atom. The van der Waals surface area contributed by atoms with E-state index in [1.807, 2.05) is 29.2 Å². The van der Waals surface area contributed by atoms with Gasteiger partial charge in [-0.3, -0.25) is 0 Å². The number of fused-ring (bicyclic) bond motifs is 5. The SMILES string of the molecule is Cc1ccc(C)c(NC(=O)N2Cc3c(sc4c3CCCC4)-n3cccc3[C@H]2c2ccccc2)c1. The summed E-state index contributed by atoms with van der Waals surface area (Å²) in [5, 5.41) is 4.54. The van der Waals surface area contributed by atoms with Crippen molar-refractivity contribution < 1.29 is 4.79 Å². The summed E-state index contributed by atoms with van der Waals surface area (Å²) < 4.78 is 2.33. The Morgan fingerprint density at radius 1 is 0.971 bits per heavy atom. The molecule has 2 amide bonds. The molecule has 1 atom stereocenters. The first-order valence-electron chi connectivity index (χ1n) is 12.1. The molecule has 0 fully saturated rings. The Labute approximate surface area is 204 Å². The lowest BCUT2D eigenvalue weighted by molar-refractivity contribution is 0.194. The number of anilines is 1. The van der Waals surface area contributed by atoms with Gasteiger partial charge in [-0.1, -0.05) is 42.5 Å². The van der Waals surface area contributed by atoms with Crippen LogP contribution in [0.3, 0.4) is 0 Å². The average Bonchev–Trinajstić information content (AvgIpc) is 3.44. The van der Waals surface area contributed by atoms with Crippen molar-refractivity contribution in [1.82, 2.24) is 9.47 Å². The number of aromatic nitrogens is 1. The molecule has 1 aliphatic carbocycles. The van der Waals surface area contributed by atoms with E-state index in [1.54, 1.807) is 0 Å². The van der Waals surface area contributed by atoms with Crippen LogP contribution in [0.4, 0.5) is 10.5 Å². The second kappa shape index (κ2) is 8.48. The van der Waals surface area contributed by atoms with Crippen LogP contribution in [0.25, 0.3) is 5.00 Å². The fourth-order valence-electron chi connectivity index (χ4n) is 5.43. The van der Waals surface area contributed by atoms with E-state index in [0.29, 0.717) is 6.54 Å². The van der Waals surface area contributed by atoms with E-state index in [4.69, 9.17) is 0 Å².